The summed E-state index contributed by atoms with van der Waals surface area (Å²) in [4.78, 5) is 26.5. The molecule has 1 saturated carbocycles. The van der Waals surface area contributed by atoms with Gasteiger partial charge in [0.05, 0.1) is 7.11 Å². The van der Waals surface area contributed by atoms with Crippen LogP contribution < -0.4 is 15.4 Å². The van der Waals surface area contributed by atoms with Crippen LogP contribution in [0.4, 0.5) is 10.5 Å². The van der Waals surface area contributed by atoms with Gasteiger partial charge in [-0.2, -0.15) is 0 Å². The van der Waals surface area contributed by atoms with Crippen LogP contribution in [0.15, 0.2) is 48.5 Å². The van der Waals surface area contributed by atoms with Crippen molar-refractivity contribution in [1.29, 1.82) is 0 Å². The van der Waals surface area contributed by atoms with E-state index in [2.05, 4.69) is 22.8 Å². The molecule has 1 atom stereocenters. The third kappa shape index (κ3) is 4.27. The minimum atomic E-state index is -0.105. The lowest BCUT2D eigenvalue weighted by Gasteiger charge is -2.18. The summed E-state index contributed by atoms with van der Waals surface area (Å²) in [7, 11) is 1.66. The quantitative estimate of drug-likeness (QED) is 0.834. The van der Waals surface area contributed by atoms with Gasteiger partial charge in [-0.15, -0.1) is 0 Å². The number of hydrogen-bond donors (Lipinski definition) is 2. The van der Waals surface area contributed by atoms with Gasteiger partial charge in [0.1, 0.15) is 5.75 Å². The zero-order valence-corrected chi connectivity index (χ0v) is 16.0. The molecule has 1 aliphatic heterocycles. The van der Waals surface area contributed by atoms with Crippen LogP contribution in [0.2, 0.25) is 0 Å². The first kappa shape index (κ1) is 18.3. The molecule has 1 saturated heterocycles. The van der Waals surface area contributed by atoms with Gasteiger partial charge in [-0.1, -0.05) is 12.1 Å². The highest BCUT2D eigenvalue weighted by atomic mass is 16.5. The lowest BCUT2D eigenvalue weighted by molar-refractivity contribution is 0.0951. The Kier molecular flexibility index (Phi) is 5.19. The Balaban J connectivity index is 1.31. The molecule has 2 fully saturated rings. The molecule has 6 nitrogen and oxygen atoms in total. The van der Waals surface area contributed by atoms with Crippen molar-refractivity contribution in [1.82, 2.24) is 10.2 Å². The highest BCUT2D eigenvalue weighted by Crippen LogP contribution is 2.29. The number of nitrogens with one attached hydrogen (secondary N) is 2. The summed E-state index contributed by atoms with van der Waals surface area (Å²) >= 11 is 0. The van der Waals surface area contributed by atoms with Gasteiger partial charge in [0.25, 0.3) is 5.91 Å². The van der Waals surface area contributed by atoms with Gasteiger partial charge in [0.15, 0.2) is 0 Å². The zero-order chi connectivity index (χ0) is 19.5. The summed E-state index contributed by atoms with van der Waals surface area (Å²) in [6.07, 6.45) is 3.07. The van der Waals surface area contributed by atoms with E-state index in [4.69, 9.17) is 4.74 Å². The first-order chi connectivity index (χ1) is 13.6. The van der Waals surface area contributed by atoms with Gasteiger partial charge in [0, 0.05) is 36.3 Å². The molecule has 2 N–H and O–H groups in total. The number of rotatable bonds is 5. The lowest BCUT2D eigenvalue weighted by Crippen LogP contribution is -2.32. The minimum Gasteiger partial charge on any atom is -0.497 e. The maximum atomic E-state index is 12.6. The zero-order valence-electron chi connectivity index (χ0n) is 16.0. The Labute approximate surface area is 164 Å². The monoisotopic (exact) mass is 379 g/mol. The van der Waals surface area contributed by atoms with E-state index < -0.39 is 0 Å². The summed E-state index contributed by atoms with van der Waals surface area (Å²) < 4.78 is 5.20. The number of ether oxygens (including phenoxy) is 1. The molecule has 0 bridgehead atoms. The van der Waals surface area contributed by atoms with E-state index in [1.165, 1.54) is 5.56 Å². The molecule has 2 aliphatic rings. The van der Waals surface area contributed by atoms with E-state index >= 15 is 0 Å². The Hall–Kier alpha value is -3.02. The summed E-state index contributed by atoms with van der Waals surface area (Å²) in [5, 5.41) is 5.89. The number of methoxy groups -OCH3 is 1. The van der Waals surface area contributed by atoms with Crippen molar-refractivity contribution >= 4 is 17.6 Å². The average molecular weight is 379 g/mol. The largest absolute Gasteiger partial charge is 0.497 e. The number of amides is 3. The van der Waals surface area contributed by atoms with Crippen molar-refractivity contribution in [2.75, 3.05) is 25.5 Å². The second-order valence-corrected chi connectivity index (χ2v) is 7.46. The number of urea groups is 1. The van der Waals surface area contributed by atoms with Gasteiger partial charge in [0.2, 0.25) is 0 Å². The molecule has 0 radical (unpaired) electrons. The Morgan fingerprint density at radius 3 is 2.36 bits per heavy atom. The van der Waals surface area contributed by atoms with E-state index in [0.29, 0.717) is 29.8 Å². The Morgan fingerprint density at radius 2 is 1.71 bits per heavy atom. The standard InChI is InChI=1S/C22H25N3O3/c1-28-20-10-4-15(5-11-20)17-12-13-25(14-17)22(27)24-19-6-2-16(3-7-19)21(26)23-18-8-9-18/h2-7,10-11,17-18H,8-9,12-14H2,1H3,(H,23,26)(H,24,27). The number of benzene rings is 2. The van der Waals surface area contributed by atoms with Crippen molar-refractivity contribution in [3.8, 4) is 5.75 Å². The molecule has 28 heavy (non-hydrogen) atoms. The summed E-state index contributed by atoms with van der Waals surface area (Å²) in [6.45, 7) is 1.42. The van der Waals surface area contributed by atoms with Crippen LogP contribution in [-0.4, -0.2) is 43.1 Å². The van der Waals surface area contributed by atoms with Gasteiger partial charge >= 0.3 is 6.03 Å². The molecular formula is C22H25N3O3. The normalized spacial score (nSPS) is 18.6. The van der Waals surface area contributed by atoms with Crippen LogP contribution in [0, 0.1) is 0 Å². The number of carbonyl (C=O) groups excluding carboxylic acids is 2. The Morgan fingerprint density at radius 1 is 1.00 bits per heavy atom. The molecule has 1 aliphatic carbocycles. The number of hydrogen-bond acceptors (Lipinski definition) is 3. The van der Waals surface area contributed by atoms with Crippen LogP contribution in [0.3, 0.4) is 0 Å². The third-order valence-electron chi connectivity index (χ3n) is 5.37. The van der Waals surface area contributed by atoms with Crippen LogP contribution in [0.25, 0.3) is 0 Å². The highest BCUT2D eigenvalue weighted by Gasteiger charge is 2.27. The molecule has 1 heterocycles. The average Bonchev–Trinajstić information content (AvgIpc) is 3.40. The topological polar surface area (TPSA) is 70.7 Å². The predicted octanol–water partition coefficient (Wildman–Crippen LogP) is 3.61. The first-order valence-electron chi connectivity index (χ1n) is 9.73. The molecule has 4 rings (SSSR count). The van der Waals surface area contributed by atoms with Gasteiger partial charge < -0.3 is 20.3 Å². The number of likely N-dealkylation sites (tertiary alicyclic amines) is 1. The number of nitrogens with zero attached hydrogens (tertiary/aromatic N) is 1. The minimum absolute atomic E-state index is 0.0535. The highest BCUT2D eigenvalue weighted by molar-refractivity contribution is 5.95. The third-order valence-corrected chi connectivity index (χ3v) is 5.37. The molecule has 2 aromatic carbocycles. The second-order valence-electron chi connectivity index (χ2n) is 7.46. The number of anilines is 1. The van der Waals surface area contributed by atoms with Crippen molar-refractivity contribution in [3.05, 3.63) is 59.7 Å². The predicted molar refractivity (Wildman–Crippen MR) is 108 cm³/mol. The van der Waals surface area contributed by atoms with Gasteiger partial charge in [-0.25, -0.2) is 4.79 Å². The number of carbonyl (C=O) groups is 2. The second kappa shape index (κ2) is 7.92. The molecule has 146 valence electrons. The van der Waals surface area contributed by atoms with Crippen molar-refractivity contribution in [2.45, 2.75) is 31.2 Å². The van der Waals surface area contributed by atoms with Crippen LogP contribution in [-0.2, 0) is 0 Å². The van der Waals surface area contributed by atoms with Crippen molar-refractivity contribution < 1.29 is 14.3 Å². The molecule has 0 aromatic heterocycles. The van der Waals surface area contributed by atoms with Gasteiger partial charge in [-0.3, -0.25) is 4.79 Å². The fraction of sp³-hybridized carbons (Fsp3) is 0.364. The molecular weight excluding hydrogens is 354 g/mol. The first-order valence-corrected chi connectivity index (χ1v) is 9.73. The fourth-order valence-electron chi connectivity index (χ4n) is 3.50. The summed E-state index contributed by atoms with van der Waals surface area (Å²) in [6, 6.07) is 15.3. The van der Waals surface area contributed by atoms with E-state index in [0.717, 1.165) is 31.6 Å². The smallest absolute Gasteiger partial charge is 0.321 e. The summed E-state index contributed by atoms with van der Waals surface area (Å²) in [5.74, 6) is 1.12. The SMILES string of the molecule is COc1ccc(C2CCN(C(=O)Nc3ccc(C(=O)NC4CC4)cc3)C2)cc1. The Bertz CT molecular complexity index is 844. The molecule has 3 amide bonds. The van der Waals surface area contributed by atoms with Crippen LogP contribution >= 0.6 is 0 Å². The molecule has 2 aromatic rings. The van der Waals surface area contributed by atoms with Gasteiger partial charge in [-0.05, 0) is 61.2 Å². The summed E-state index contributed by atoms with van der Waals surface area (Å²) in [5.41, 5.74) is 2.54. The van der Waals surface area contributed by atoms with E-state index in [-0.39, 0.29) is 11.9 Å². The van der Waals surface area contributed by atoms with Crippen LogP contribution in [0.1, 0.15) is 41.1 Å². The lowest BCUT2D eigenvalue weighted by atomic mass is 9.98. The van der Waals surface area contributed by atoms with E-state index in [1.807, 2.05) is 17.0 Å². The van der Waals surface area contributed by atoms with E-state index in [9.17, 15) is 9.59 Å². The van der Waals surface area contributed by atoms with Crippen LogP contribution in [0.5, 0.6) is 5.75 Å². The maximum Gasteiger partial charge on any atom is 0.321 e. The molecule has 0 spiro atoms. The molecule has 6 heteroatoms. The maximum absolute atomic E-state index is 12.6. The van der Waals surface area contributed by atoms with E-state index in [1.54, 1.807) is 31.4 Å². The molecule has 1 unspecified atom stereocenters. The van der Waals surface area contributed by atoms with Crippen molar-refractivity contribution in [3.63, 3.8) is 0 Å². The van der Waals surface area contributed by atoms with Crippen molar-refractivity contribution in [2.24, 2.45) is 0 Å². The fourth-order valence-corrected chi connectivity index (χ4v) is 3.50.